The van der Waals surface area contributed by atoms with Crippen LogP contribution in [-0.4, -0.2) is 29.9 Å². The zero-order chi connectivity index (χ0) is 57.6. The second kappa shape index (κ2) is 23.9. The molecule has 0 amide bonds. The van der Waals surface area contributed by atoms with Crippen LogP contribution in [0.15, 0.2) is 309 Å². The van der Waals surface area contributed by atoms with E-state index in [1.165, 1.54) is 5.56 Å². The molecule has 0 atom stereocenters. The van der Waals surface area contributed by atoms with E-state index < -0.39 is 0 Å². The predicted molar refractivity (Wildman–Crippen MR) is 352 cm³/mol. The molecule has 0 unspecified atom stereocenters. The van der Waals surface area contributed by atoms with Crippen LogP contribution < -0.4 is 0 Å². The van der Waals surface area contributed by atoms with Gasteiger partial charge in [0.15, 0.2) is 34.9 Å². The molecule has 406 valence electrons. The van der Waals surface area contributed by atoms with E-state index in [1.54, 1.807) is 0 Å². The zero-order valence-corrected chi connectivity index (χ0v) is 47.3. The summed E-state index contributed by atoms with van der Waals surface area (Å²) in [6.45, 7) is 2.10. The van der Waals surface area contributed by atoms with Crippen molar-refractivity contribution >= 4 is 0 Å². The Bertz CT molecular complexity index is 4550. The van der Waals surface area contributed by atoms with Gasteiger partial charge in [-0.25, -0.2) is 29.9 Å². The van der Waals surface area contributed by atoms with Gasteiger partial charge in [-0.1, -0.05) is 254 Å². The molecule has 0 aliphatic carbocycles. The van der Waals surface area contributed by atoms with Crippen LogP contribution in [0.3, 0.4) is 0 Å². The number of nitrogens with zero attached hydrogens (tertiary/aromatic N) is 6. The van der Waals surface area contributed by atoms with Crippen LogP contribution >= 0.6 is 0 Å². The Hall–Kier alpha value is -11.3. The Morgan fingerprint density at radius 1 is 0.174 bits per heavy atom. The smallest absolute Gasteiger partial charge is 0.164 e. The maximum absolute atomic E-state index is 5.39. The normalized spacial score (nSPS) is 11.1. The molecule has 0 aliphatic heterocycles. The van der Waals surface area contributed by atoms with Crippen molar-refractivity contribution in [3.8, 4) is 135 Å². The molecular formula is C80H56N6. The third-order valence-corrected chi connectivity index (χ3v) is 15.6. The van der Waals surface area contributed by atoms with Gasteiger partial charge < -0.3 is 0 Å². The number of hydrogen-bond acceptors (Lipinski definition) is 6. The molecule has 0 saturated heterocycles. The first kappa shape index (κ1) is 52.7. The van der Waals surface area contributed by atoms with Gasteiger partial charge in [0.25, 0.3) is 0 Å². The molecule has 2 heterocycles. The summed E-state index contributed by atoms with van der Waals surface area (Å²) in [7, 11) is 0. The van der Waals surface area contributed by atoms with E-state index in [4.69, 9.17) is 29.9 Å². The van der Waals surface area contributed by atoms with Gasteiger partial charge in [-0.15, -0.1) is 0 Å². The predicted octanol–water partition coefficient (Wildman–Crippen LogP) is 20.0. The summed E-state index contributed by atoms with van der Waals surface area (Å²) in [6, 6.07) is 108. The second-order valence-corrected chi connectivity index (χ2v) is 21.6. The third-order valence-electron chi connectivity index (χ3n) is 15.6. The summed E-state index contributed by atoms with van der Waals surface area (Å²) in [5, 5.41) is 0. The minimum absolute atomic E-state index is 0.590. The fourth-order valence-electron chi connectivity index (χ4n) is 11.2. The monoisotopic (exact) mass is 1100 g/mol. The molecule has 0 spiro atoms. The lowest BCUT2D eigenvalue weighted by atomic mass is 9.94. The maximum atomic E-state index is 5.39. The van der Waals surface area contributed by atoms with Crippen LogP contribution in [0.2, 0.25) is 0 Å². The third kappa shape index (κ3) is 11.7. The molecule has 0 N–H and O–H groups in total. The first-order chi connectivity index (χ1) is 42.4. The van der Waals surface area contributed by atoms with E-state index >= 15 is 0 Å². The Kier molecular flexibility index (Phi) is 14.6. The van der Waals surface area contributed by atoms with Crippen molar-refractivity contribution < 1.29 is 0 Å². The molecule has 0 fully saturated rings. The fourth-order valence-corrected chi connectivity index (χ4v) is 11.2. The second-order valence-electron chi connectivity index (χ2n) is 21.6. The molecule has 86 heavy (non-hydrogen) atoms. The van der Waals surface area contributed by atoms with Gasteiger partial charge in [0.05, 0.1) is 0 Å². The highest BCUT2D eigenvalue weighted by Gasteiger charge is 2.19. The largest absolute Gasteiger partial charge is 0.208 e. The van der Waals surface area contributed by atoms with Crippen LogP contribution in [-0.2, 0) is 6.42 Å². The standard InChI is InChI=1S/C80H56N6/c1-54-21-17-35-65(43-54)75-84-79(73-50-69(59-27-11-4-12-28-59)48-70(51-73)60-29-13-5-14-30-60)86-80(85-75)74-52-71(61-31-15-6-16-32-61)49-72(53-74)62-41-39-55(40-42-62)44-56-22-18-36-66(45-56)76-81-77(67-37-19-33-63(46-67)57-23-7-2-8-24-57)83-78(82-76)68-38-20-34-64(47-68)58-25-9-3-10-26-58/h2-43,45-53H,44H2,1H3. The van der Waals surface area contributed by atoms with Crippen LogP contribution in [0.25, 0.3) is 135 Å². The summed E-state index contributed by atoms with van der Waals surface area (Å²) >= 11 is 0. The van der Waals surface area contributed by atoms with Gasteiger partial charge in [0.1, 0.15) is 0 Å². The lowest BCUT2D eigenvalue weighted by Gasteiger charge is -2.14. The lowest BCUT2D eigenvalue weighted by molar-refractivity contribution is 1.07. The Morgan fingerprint density at radius 3 is 0.802 bits per heavy atom. The van der Waals surface area contributed by atoms with Crippen molar-refractivity contribution in [2.24, 2.45) is 0 Å². The summed E-state index contributed by atoms with van der Waals surface area (Å²) in [4.78, 5) is 31.5. The van der Waals surface area contributed by atoms with E-state index in [2.05, 4.69) is 304 Å². The lowest BCUT2D eigenvalue weighted by Crippen LogP contribution is -2.01. The Balaban J connectivity index is 0.820. The highest BCUT2D eigenvalue weighted by molar-refractivity contribution is 5.83. The van der Waals surface area contributed by atoms with Gasteiger partial charge in [-0.3, -0.25) is 0 Å². The van der Waals surface area contributed by atoms with Gasteiger partial charge in [-0.2, -0.15) is 0 Å². The first-order valence-corrected chi connectivity index (χ1v) is 29.0. The van der Waals surface area contributed by atoms with Gasteiger partial charge in [0, 0.05) is 33.4 Å². The summed E-state index contributed by atoms with van der Waals surface area (Å²) in [6.07, 6.45) is 0.708. The van der Waals surface area contributed by atoms with Gasteiger partial charge in [0.2, 0.25) is 0 Å². The summed E-state index contributed by atoms with van der Waals surface area (Å²) < 4.78 is 0. The molecule has 12 aromatic carbocycles. The molecule has 6 heteroatoms. The molecule has 0 radical (unpaired) electrons. The highest BCUT2D eigenvalue weighted by Crippen LogP contribution is 2.37. The van der Waals surface area contributed by atoms with E-state index in [1.807, 2.05) is 12.1 Å². The topological polar surface area (TPSA) is 77.3 Å². The zero-order valence-electron chi connectivity index (χ0n) is 47.3. The minimum atomic E-state index is 0.590. The van der Waals surface area contributed by atoms with Crippen LogP contribution in [0, 0.1) is 6.92 Å². The molecule has 14 aromatic rings. The maximum Gasteiger partial charge on any atom is 0.164 e. The van der Waals surface area contributed by atoms with E-state index in [0.29, 0.717) is 41.4 Å². The fraction of sp³-hybridized carbons (Fsp3) is 0.0250. The van der Waals surface area contributed by atoms with Gasteiger partial charge in [-0.05, 0) is 152 Å². The van der Waals surface area contributed by atoms with Gasteiger partial charge >= 0.3 is 0 Å². The van der Waals surface area contributed by atoms with Crippen LogP contribution in [0.5, 0.6) is 0 Å². The number of aromatic nitrogens is 6. The molecule has 2 aromatic heterocycles. The average Bonchev–Trinajstić information content (AvgIpc) is 2.60. The van der Waals surface area contributed by atoms with Crippen molar-refractivity contribution in [1.29, 1.82) is 0 Å². The molecular weight excluding hydrogens is 1040 g/mol. The number of rotatable bonds is 14. The minimum Gasteiger partial charge on any atom is -0.208 e. The highest BCUT2D eigenvalue weighted by atomic mass is 15.0. The molecule has 0 bridgehead atoms. The number of benzene rings is 12. The van der Waals surface area contributed by atoms with Crippen molar-refractivity contribution in [2.45, 2.75) is 13.3 Å². The average molecular weight is 1100 g/mol. The van der Waals surface area contributed by atoms with Crippen molar-refractivity contribution in [3.05, 3.63) is 326 Å². The first-order valence-electron chi connectivity index (χ1n) is 29.0. The molecule has 0 saturated carbocycles. The summed E-state index contributed by atoms with van der Waals surface area (Å²) in [5.74, 6) is 3.64. The molecule has 14 rings (SSSR count). The molecule has 6 nitrogen and oxygen atoms in total. The van der Waals surface area contributed by atoms with E-state index in [-0.39, 0.29) is 0 Å². The summed E-state index contributed by atoms with van der Waals surface area (Å²) in [5.41, 5.74) is 22.1. The quantitative estimate of drug-likeness (QED) is 0.108. The Morgan fingerprint density at radius 2 is 0.430 bits per heavy atom. The van der Waals surface area contributed by atoms with Crippen molar-refractivity contribution in [2.75, 3.05) is 0 Å². The Labute approximate surface area is 501 Å². The van der Waals surface area contributed by atoms with Crippen molar-refractivity contribution in [3.63, 3.8) is 0 Å². The molecule has 0 aliphatic rings. The number of aryl methyl sites for hydroxylation is 1. The van der Waals surface area contributed by atoms with Crippen LogP contribution in [0.4, 0.5) is 0 Å². The van der Waals surface area contributed by atoms with E-state index in [9.17, 15) is 0 Å². The number of hydrogen-bond donors (Lipinski definition) is 0. The van der Waals surface area contributed by atoms with Crippen LogP contribution in [0.1, 0.15) is 16.7 Å². The SMILES string of the molecule is Cc1cccc(-c2nc(-c3cc(-c4ccccc4)cc(-c4ccccc4)c3)nc(-c3cc(-c4ccccc4)cc(-c4ccc(Cc5cccc(-c6nc(-c7cccc(-c8ccccc8)c7)nc(-c7cccc(-c8ccccc8)c7)n6)c5)cc4)c3)n2)c1. The van der Waals surface area contributed by atoms with E-state index in [0.717, 1.165) is 111 Å². The van der Waals surface area contributed by atoms with Crippen molar-refractivity contribution in [1.82, 2.24) is 29.9 Å².